The summed E-state index contributed by atoms with van der Waals surface area (Å²) in [5.41, 5.74) is -0.0322. The van der Waals surface area contributed by atoms with E-state index in [0.717, 1.165) is 47.9 Å². The van der Waals surface area contributed by atoms with Crippen molar-refractivity contribution in [3.63, 3.8) is 0 Å². The van der Waals surface area contributed by atoms with Crippen LogP contribution in [-0.4, -0.2) is 24.2 Å². The van der Waals surface area contributed by atoms with Crippen molar-refractivity contribution in [3.05, 3.63) is 36.4 Å². The molecule has 0 fully saturated rings. The Morgan fingerprint density at radius 2 is 1.79 bits per heavy atom. The largest absolute Gasteiger partial charge is 0.490 e. The molecule has 0 saturated heterocycles. The Morgan fingerprint density at radius 1 is 1.07 bits per heavy atom. The van der Waals surface area contributed by atoms with E-state index in [1.54, 1.807) is 0 Å². The van der Waals surface area contributed by atoms with E-state index in [9.17, 15) is 4.79 Å². The number of carbonyl (C=O) groups is 1. The van der Waals surface area contributed by atoms with Crippen LogP contribution in [0.25, 0.3) is 10.8 Å². The van der Waals surface area contributed by atoms with Gasteiger partial charge in [-0.05, 0) is 45.7 Å². The average Bonchev–Trinajstić information content (AvgIpc) is 2.70. The number of ether oxygens (including phenoxy) is 2. The summed E-state index contributed by atoms with van der Waals surface area (Å²) in [5.74, 6) is 0.754. The maximum atomic E-state index is 13.1. The second-order valence-corrected chi connectivity index (χ2v) is 7.57. The number of fused-ring (bicyclic) bond motifs is 1. The predicted molar refractivity (Wildman–Crippen MR) is 117 cm³/mol. The van der Waals surface area contributed by atoms with Gasteiger partial charge in [0, 0.05) is 23.1 Å². The van der Waals surface area contributed by atoms with Crippen LogP contribution in [0.1, 0.15) is 66.7 Å². The van der Waals surface area contributed by atoms with Gasteiger partial charge in [-0.3, -0.25) is 4.79 Å². The van der Waals surface area contributed by atoms with E-state index < -0.39 is 5.60 Å². The van der Waals surface area contributed by atoms with Crippen molar-refractivity contribution in [2.24, 2.45) is 0 Å². The summed E-state index contributed by atoms with van der Waals surface area (Å²) in [6.45, 7) is 10.7. The Balaban J connectivity index is 2.29. The number of hydrogen-bond donors (Lipinski definition) is 1. The van der Waals surface area contributed by atoms with Crippen molar-refractivity contribution < 1.29 is 14.3 Å². The maximum Gasteiger partial charge on any atom is 0.256 e. The number of amides is 1. The normalized spacial score (nSPS) is 14.5. The molecule has 0 aliphatic heterocycles. The Kier molecular flexibility index (Phi) is 8.31. The third-order valence-corrected chi connectivity index (χ3v) is 5.24. The van der Waals surface area contributed by atoms with E-state index in [-0.39, 0.29) is 12.0 Å². The van der Waals surface area contributed by atoms with Crippen LogP contribution < -0.4 is 10.1 Å². The standard InChI is InChI=1S/C24H35NO3/c1-6-9-12-17-24(5,27-8-3)23(26)25-21-15-16-22(28-18(4)7-2)20-14-11-10-13-19(20)21/h10-11,13-16,18H,6-9,12,17H2,1-5H3,(H,25,26)/t18-,24+/m1/s1. The third kappa shape index (κ3) is 5.48. The predicted octanol–water partition coefficient (Wildman–Crippen LogP) is 6.33. The van der Waals surface area contributed by atoms with Crippen molar-refractivity contribution >= 4 is 22.4 Å². The molecule has 0 aliphatic rings. The molecular weight excluding hydrogens is 350 g/mol. The molecule has 1 N–H and O–H groups in total. The molecule has 0 bridgehead atoms. The number of benzene rings is 2. The van der Waals surface area contributed by atoms with Gasteiger partial charge >= 0.3 is 0 Å². The van der Waals surface area contributed by atoms with Crippen LogP contribution in [0, 0.1) is 0 Å². The highest BCUT2D eigenvalue weighted by molar-refractivity contribution is 6.06. The highest BCUT2D eigenvalue weighted by Gasteiger charge is 2.33. The van der Waals surface area contributed by atoms with Crippen molar-refractivity contribution in [2.45, 2.75) is 78.4 Å². The van der Waals surface area contributed by atoms with Crippen LogP contribution in [0.15, 0.2) is 36.4 Å². The van der Waals surface area contributed by atoms with Crippen LogP contribution in [0.4, 0.5) is 5.69 Å². The van der Waals surface area contributed by atoms with Gasteiger partial charge in [-0.25, -0.2) is 0 Å². The minimum Gasteiger partial charge on any atom is -0.490 e. The van der Waals surface area contributed by atoms with Crippen LogP contribution in [-0.2, 0) is 9.53 Å². The summed E-state index contributed by atoms with van der Waals surface area (Å²) in [6.07, 6.45) is 4.99. The van der Waals surface area contributed by atoms with E-state index in [4.69, 9.17) is 9.47 Å². The highest BCUT2D eigenvalue weighted by Crippen LogP contribution is 2.33. The van der Waals surface area contributed by atoms with Crippen LogP contribution >= 0.6 is 0 Å². The van der Waals surface area contributed by atoms with Gasteiger partial charge in [0.1, 0.15) is 11.4 Å². The molecule has 0 aliphatic carbocycles. The molecule has 4 nitrogen and oxygen atoms in total. The van der Waals surface area contributed by atoms with Gasteiger partial charge < -0.3 is 14.8 Å². The van der Waals surface area contributed by atoms with Crippen LogP contribution in [0.2, 0.25) is 0 Å². The van der Waals surface area contributed by atoms with Crippen LogP contribution in [0.5, 0.6) is 5.75 Å². The lowest BCUT2D eigenvalue weighted by molar-refractivity contribution is -0.139. The molecule has 0 saturated carbocycles. The number of rotatable bonds is 11. The van der Waals surface area contributed by atoms with Gasteiger partial charge in [-0.15, -0.1) is 0 Å². The number of unbranched alkanes of at least 4 members (excludes halogenated alkanes) is 2. The summed E-state index contributed by atoms with van der Waals surface area (Å²) in [7, 11) is 0. The fraction of sp³-hybridized carbons (Fsp3) is 0.542. The molecule has 2 atom stereocenters. The number of carbonyl (C=O) groups excluding carboxylic acids is 1. The first-order chi connectivity index (χ1) is 13.4. The topological polar surface area (TPSA) is 47.6 Å². The first-order valence-corrected chi connectivity index (χ1v) is 10.6. The van der Waals surface area contributed by atoms with Gasteiger partial charge in [0.25, 0.3) is 5.91 Å². The smallest absolute Gasteiger partial charge is 0.256 e. The van der Waals surface area contributed by atoms with Gasteiger partial charge in [0.2, 0.25) is 0 Å². The molecule has 0 radical (unpaired) electrons. The van der Waals surface area contributed by atoms with Crippen molar-refractivity contribution in [1.29, 1.82) is 0 Å². The van der Waals surface area contributed by atoms with Crippen molar-refractivity contribution in [2.75, 3.05) is 11.9 Å². The van der Waals surface area contributed by atoms with Gasteiger partial charge in [0.15, 0.2) is 0 Å². The monoisotopic (exact) mass is 385 g/mol. The summed E-state index contributed by atoms with van der Waals surface area (Å²) in [4.78, 5) is 13.1. The van der Waals surface area contributed by atoms with E-state index in [1.807, 2.05) is 50.2 Å². The molecule has 1 amide bonds. The lowest BCUT2D eigenvalue weighted by Crippen LogP contribution is -2.42. The molecule has 2 rings (SSSR count). The zero-order valence-corrected chi connectivity index (χ0v) is 18.0. The fourth-order valence-electron chi connectivity index (χ4n) is 3.32. The minimum absolute atomic E-state index is 0.0915. The van der Waals surface area contributed by atoms with Crippen molar-refractivity contribution in [3.8, 4) is 5.75 Å². The minimum atomic E-state index is -0.823. The van der Waals surface area contributed by atoms with Crippen molar-refractivity contribution in [1.82, 2.24) is 0 Å². The fourth-order valence-corrected chi connectivity index (χ4v) is 3.32. The highest BCUT2D eigenvalue weighted by atomic mass is 16.5. The maximum absolute atomic E-state index is 13.1. The molecule has 0 aromatic heterocycles. The molecule has 28 heavy (non-hydrogen) atoms. The second-order valence-electron chi connectivity index (χ2n) is 7.57. The Morgan fingerprint density at radius 3 is 2.43 bits per heavy atom. The molecule has 154 valence electrons. The molecular formula is C24H35NO3. The molecule has 2 aromatic carbocycles. The summed E-state index contributed by atoms with van der Waals surface area (Å²) >= 11 is 0. The second kappa shape index (κ2) is 10.5. The van der Waals surface area contributed by atoms with E-state index in [2.05, 4.69) is 26.1 Å². The first-order valence-electron chi connectivity index (χ1n) is 10.6. The summed E-state index contributed by atoms with van der Waals surface area (Å²) in [5, 5.41) is 5.09. The quantitative estimate of drug-likeness (QED) is 0.460. The lowest BCUT2D eigenvalue weighted by atomic mass is 9.96. The Labute approximate surface area is 169 Å². The van der Waals surface area contributed by atoms with E-state index in [0.29, 0.717) is 13.0 Å². The van der Waals surface area contributed by atoms with Crippen LogP contribution in [0.3, 0.4) is 0 Å². The Bertz CT molecular complexity index is 774. The average molecular weight is 386 g/mol. The zero-order chi connectivity index (χ0) is 20.6. The molecule has 0 heterocycles. The summed E-state index contributed by atoms with van der Waals surface area (Å²) in [6, 6.07) is 11.9. The number of anilines is 1. The Hall–Kier alpha value is -2.07. The molecule has 0 unspecified atom stereocenters. The number of nitrogens with one attached hydrogen (secondary N) is 1. The van der Waals surface area contributed by atoms with E-state index in [1.165, 1.54) is 0 Å². The lowest BCUT2D eigenvalue weighted by Gasteiger charge is -2.28. The first kappa shape index (κ1) is 22.2. The number of hydrogen-bond acceptors (Lipinski definition) is 3. The van der Waals surface area contributed by atoms with Gasteiger partial charge in [-0.2, -0.15) is 0 Å². The summed E-state index contributed by atoms with van der Waals surface area (Å²) < 4.78 is 11.9. The van der Waals surface area contributed by atoms with E-state index >= 15 is 0 Å². The van der Waals surface area contributed by atoms with Gasteiger partial charge in [-0.1, -0.05) is 57.4 Å². The molecule has 2 aromatic rings. The zero-order valence-electron chi connectivity index (χ0n) is 18.0. The molecule has 0 spiro atoms. The SMILES string of the molecule is CCCCC[C@](C)(OCC)C(=O)Nc1ccc(O[C@H](C)CC)c2ccccc12. The third-order valence-electron chi connectivity index (χ3n) is 5.24. The molecule has 4 heteroatoms. The van der Waals surface area contributed by atoms with Gasteiger partial charge in [0.05, 0.1) is 6.10 Å².